The lowest BCUT2D eigenvalue weighted by Gasteiger charge is -2.39. The van der Waals surface area contributed by atoms with Gasteiger partial charge in [0.1, 0.15) is 30.2 Å². The Hall–Kier alpha value is -2.27. The van der Waals surface area contributed by atoms with E-state index in [-0.39, 0.29) is 11.3 Å². The largest absolute Gasteiger partial charge is 0.479 e. The molecule has 0 unspecified atom stereocenters. The maximum absolute atomic E-state index is 11.6. The number of carboxylic acid groups (broad SMARTS) is 1. The van der Waals surface area contributed by atoms with Gasteiger partial charge in [-0.3, -0.25) is 0 Å². The van der Waals surface area contributed by atoms with Crippen LogP contribution in [0.2, 0.25) is 0 Å². The van der Waals surface area contributed by atoms with Crippen molar-refractivity contribution in [1.29, 1.82) is 0 Å². The summed E-state index contributed by atoms with van der Waals surface area (Å²) in [6.07, 6.45) is -4.53. The standard InChI is InChI=1S/C24H34O9/c1-12(2)5-7-14-9-16(32-24-22(29)21(28)19(26)17(11-25)33-24)10-15(8-6-13(3)4)18(14)20(27)23(30)31/h5-6,9-10,17,19-22,24-29H,7-8,11H2,1-4H3,(H,30,31)/t17-,19-,20+,21+,22-,24-/m1/s1. The number of ether oxygens (including phenoxy) is 2. The van der Waals surface area contributed by atoms with E-state index in [0.717, 1.165) is 11.1 Å². The van der Waals surface area contributed by atoms with Crippen LogP contribution in [-0.4, -0.2) is 73.9 Å². The van der Waals surface area contributed by atoms with Crippen molar-refractivity contribution in [2.45, 2.75) is 77.3 Å². The zero-order valence-electron chi connectivity index (χ0n) is 19.3. The van der Waals surface area contributed by atoms with Crippen LogP contribution < -0.4 is 4.74 Å². The van der Waals surface area contributed by atoms with Crippen molar-refractivity contribution in [3.63, 3.8) is 0 Å². The number of hydrogen-bond donors (Lipinski definition) is 6. The van der Waals surface area contributed by atoms with E-state index in [4.69, 9.17) is 9.47 Å². The molecule has 1 aliphatic rings. The summed E-state index contributed by atoms with van der Waals surface area (Å²) in [6, 6.07) is 3.10. The Kier molecular flexibility index (Phi) is 9.59. The number of allylic oxidation sites excluding steroid dienone is 4. The highest BCUT2D eigenvalue weighted by atomic mass is 16.7. The van der Waals surface area contributed by atoms with Crippen molar-refractivity contribution < 1.29 is 44.9 Å². The van der Waals surface area contributed by atoms with Crippen LogP contribution in [0.4, 0.5) is 0 Å². The fourth-order valence-electron chi connectivity index (χ4n) is 3.55. The maximum atomic E-state index is 11.6. The average molecular weight is 467 g/mol. The Bertz CT molecular complexity index is 841. The van der Waals surface area contributed by atoms with E-state index in [1.165, 1.54) is 0 Å². The summed E-state index contributed by atoms with van der Waals surface area (Å²) < 4.78 is 11.2. The Morgan fingerprint density at radius 3 is 1.94 bits per heavy atom. The summed E-state index contributed by atoms with van der Waals surface area (Å²) in [7, 11) is 0. The monoisotopic (exact) mass is 466 g/mol. The summed E-state index contributed by atoms with van der Waals surface area (Å²) in [4.78, 5) is 11.6. The van der Waals surface area contributed by atoms with Crippen LogP contribution in [0.3, 0.4) is 0 Å². The summed E-state index contributed by atoms with van der Waals surface area (Å²) in [5, 5.41) is 59.6. The summed E-state index contributed by atoms with van der Waals surface area (Å²) in [6.45, 7) is 6.99. The van der Waals surface area contributed by atoms with Crippen LogP contribution >= 0.6 is 0 Å². The normalized spacial score (nSPS) is 25.8. The second kappa shape index (κ2) is 11.7. The van der Waals surface area contributed by atoms with Crippen molar-refractivity contribution in [3.05, 3.63) is 52.1 Å². The van der Waals surface area contributed by atoms with Gasteiger partial charge in [0.15, 0.2) is 6.10 Å². The van der Waals surface area contributed by atoms with Crippen LogP contribution in [-0.2, 0) is 22.4 Å². The molecule has 0 aromatic heterocycles. The summed E-state index contributed by atoms with van der Waals surface area (Å²) >= 11 is 0. The third-order valence-corrected chi connectivity index (χ3v) is 5.39. The fourth-order valence-corrected chi connectivity index (χ4v) is 3.55. The van der Waals surface area contributed by atoms with E-state index < -0.39 is 49.4 Å². The minimum Gasteiger partial charge on any atom is -0.479 e. The Morgan fingerprint density at radius 1 is 1.00 bits per heavy atom. The van der Waals surface area contributed by atoms with Gasteiger partial charge in [-0.15, -0.1) is 0 Å². The minimum absolute atomic E-state index is 0.218. The molecule has 9 heteroatoms. The third kappa shape index (κ3) is 6.86. The molecule has 0 aliphatic carbocycles. The van der Waals surface area contributed by atoms with Crippen molar-refractivity contribution in [2.75, 3.05) is 6.61 Å². The van der Waals surface area contributed by atoms with E-state index in [0.29, 0.717) is 24.0 Å². The molecule has 184 valence electrons. The molecule has 1 saturated heterocycles. The molecule has 1 fully saturated rings. The van der Waals surface area contributed by atoms with E-state index in [1.807, 2.05) is 39.8 Å². The smallest absolute Gasteiger partial charge is 0.337 e. The lowest BCUT2D eigenvalue weighted by atomic mass is 9.91. The molecule has 0 spiro atoms. The van der Waals surface area contributed by atoms with Crippen molar-refractivity contribution in [2.24, 2.45) is 0 Å². The molecule has 2 rings (SSSR count). The van der Waals surface area contributed by atoms with Gasteiger partial charge in [0.2, 0.25) is 6.29 Å². The molecule has 0 saturated carbocycles. The topological polar surface area (TPSA) is 157 Å². The highest BCUT2D eigenvalue weighted by Gasteiger charge is 2.44. The first-order chi connectivity index (χ1) is 15.5. The van der Waals surface area contributed by atoms with Gasteiger partial charge in [-0.05, 0) is 69.4 Å². The highest BCUT2D eigenvalue weighted by Crippen LogP contribution is 2.32. The second-order valence-corrected chi connectivity index (χ2v) is 8.68. The molecule has 1 aromatic rings. The Morgan fingerprint density at radius 2 is 1.52 bits per heavy atom. The SMILES string of the molecule is CC(C)=CCc1cc(O[C@@H]2O[C@H](CO)[C@@H](O)[C@H](O)[C@H]2O)cc(CC=C(C)C)c1[C@H](O)C(=O)O. The number of benzene rings is 1. The molecule has 0 radical (unpaired) electrons. The maximum Gasteiger partial charge on any atom is 0.337 e. The third-order valence-electron chi connectivity index (χ3n) is 5.39. The number of aliphatic hydroxyl groups excluding tert-OH is 5. The van der Waals surface area contributed by atoms with Crippen molar-refractivity contribution >= 4 is 5.97 Å². The van der Waals surface area contributed by atoms with E-state index in [1.54, 1.807) is 12.1 Å². The zero-order chi connectivity index (χ0) is 24.9. The zero-order valence-corrected chi connectivity index (χ0v) is 19.3. The van der Waals surface area contributed by atoms with Crippen molar-refractivity contribution in [3.8, 4) is 5.75 Å². The molecule has 6 atom stereocenters. The highest BCUT2D eigenvalue weighted by molar-refractivity contribution is 5.75. The molecule has 1 aromatic carbocycles. The van der Waals surface area contributed by atoms with Gasteiger partial charge in [-0.25, -0.2) is 4.79 Å². The fraction of sp³-hybridized carbons (Fsp3) is 0.542. The minimum atomic E-state index is -1.74. The number of carboxylic acids is 1. The van der Waals surface area contributed by atoms with Crippen LogP contribution in [0.1, 0.15) is 50.5 Å². The van der Waals surface area contributed by atoms with Gasteiger partial charge in [-0.1, -0.05) is 23.3 Å². The quantitative estimate of drug-likeness (QED) is 0.292. The van der Waals surface area contributed by atoms with Gasteiger partial charge >= 0.3 is 5.97 Å². The van der Waals surface area contributed by atoms with Crippen LogP contribution in [0.25, 0.3) is 0 Å². The number of hydrogen-bond acceptors (Lipinski definition) is 8. The number of rotatable bonds is 9. The first-order valence-electron chi connectivity index (χ1n) is 10.8. The Labute approximate surface area is 193 Å². The molecule has 1 aliphatic heterocycles. The van der Waals surface area contributed by atoms with E-state index >= 15 is 0 Å². The lowest BCUT2D eigenvalue weighted by molar-refractivity contribution is -0.277. The number of carbonyl (C=O) groups is 1. The van der Waals surface area contributed by atoms with Crippen LogP contribution in [0.5, 0.6) is 5.75 Å². The van der Waals surface area contributed by atoms with Crippen LogP contribution in [0, 0.1) is 0 Å². The van der Waals surface area contributed by atoms with Gasteiger partial charge < -0.3 is 40.1 Å². The molecule has 33 heavy (non-hydrogen) atoms. The second-order valence-electron chi connectivity index (χ2n) is 8.68. The van der Waals surface area contributed by atoms with E-state index in [2.05, 4.69) is 0 Å². The summed E-state index contributed by atoms with van der Waals surface area (Å²) in [5.74, 6) is -1.16. The molecular weight excluding hydrogens is 432 g/mol. The van der Waals surface area contributed by atoms with Gasteiger partial charge in [0, 0.05) is 0 Å². The van der Waals surface area contributed by atoms with Gasteiger partial charge in [0.25, 0.3) is 0 Å². The Balaban J connectivity index is 2.54. The molecule has 0 bridgehead atoms. The predicted octanol–water partition coefficient (Wildman–Crippen LogP) is 1.00. The number of aliphatic hydroxyl groups is 5. The average Bonchev–Trinajstić information content (AvgIpc) is 2.75. The lowest BCUT2D eigenvalue weighted by Crippen LogP contribution is -2.60. The van der Waals surface area contributed by atoms with Crippen LogP contribution in [0.15, 0.2) is 35.4 Å². The first-order valence-corrected chi connectivity index (χ1v) is 10.8. The van der Waals surface area contributed by atoms with Gasteiger partial charge in [-0.2, -0.15) is 0 Å². The molecular formula is C24H34O9. The number of aliphatic carboxylic acids is 1. The van der Waals surface area contributed by atoms with E-state index in [9.17, 15) is 35.4 Å². The molecule has 9 nitrogen and oxygen atoms in total. The van der Waals surface area contributed by atoms with Gasteiger partial charge in [0.05, 0.1) is 6.61 Å². The summed E-state index contributed by atoms with van der Waals surface area (Å²) in [5.41, 5.74) is 3.29. The molecule has 0 amide bonds. The molecule has 1 heterocycles. The van der Waals surface area contributed by atoms with Crippen molar-refractivity contribution in [1.82, 2.24) is 0 Å². The predicted molar refractivity (Wildman–Crippen MR) is 120 cm³/mol. The first kappa shape index (κ1) is 27.0. The molecule has 6 N–H and O–H groups in total.